The number of hydrogen-bond donors (Lipinski definition) is 1. The van der Waals surface area contributed by atoms with Crippen molar-refractivity contribution in [2.75, 3.05) is 5.32 Å². The number of anilines is 1. The van der Waals surface area contributed by atoms with Crippen molar-refractivity contribution in [2.24, 2.45) is 5.92 Å². The van der Waals surface area contributed by atoms with Crippen molar-refractivity contribution in [2.45, 2.75) is 33.1 Å². The Kier molecular flexibility index (Phi) is 4.72. The first-order chi connectivity index (χ1) is 14.1. The van der Waals surface area contributed by atoms with E-state index in [4.69, 9.17) is 4.98 Å². The minimum absolute atomic E-state index is 0.0443. The van der Waals surface area contributed by atoms with E-state index in [0.717, 1.165) is 45.1 Å². The lowest BCUT2D eigenvalue weighted by Gasteiger charge is -2.18. The van der Waals surface area contributed by atoms with Crippen LogP contribution < -0.4 is 5.32 Å². The highest BCUT2D eigenvalue weighted by Gasteiger charge is 2.27. The number of fused-ring (bicyclic) bond motifs is 2. The first-order valence-electron chi connectivity index (χ1n) is 9.97. The summed E-state index contributed by atoms with van der Waals surface area (Å²) in [5.74, 6) is 0.640. The van der Waals surface area contributed by atoms with Gasteiger partial charge in [0.05, 0.1) is 10.2 Å². The fraction of sp³-hybridized carbons (Fsp3) is 0.250. The summed E-state index contributed by atoms with van der Waals surface area (Å²) in [6, 6.07) is 16.0. The fourth-order valence-corrected chi connectivity index (χ4v) is 6.56. The van der Waals surface area contributed by atoms with Crippen LogP contribution in [0.25, 0.3) is 20.8 Å². The zero-order valence-corrected chi connectivity index (χ0v) is 18.1. The van der Waals surface area contributed by atoms with Crippen molar-refractivity contribution < 1.29 is 4.79 Å². The molecule has 1 aliphatic rings. The van der Waals surface area contributed by atoms with Gasteiger partial charge in [-0.25, -0.2) is 4.98 Å². The minimum Gasteiger partial charge on any atom is -0.313 e. The predicted molar refractivity (Wildman–Crippen MR) is 123 cm³/mol. The minimum atomic E-state index is -0.0443. The molecule has 4 aromatic rings. The zero-order valence-electron chi connectivity index (χ0n) is 16.5. The van der Waals surface area contributed by atoms with Gasteiger partial charge in [0.2, 0.25) is 0 Å². The summed E-state index contributed by atoms with van der Waals surface area (Å²) in [6.07, 6.45) is 3.32. The van der Waals surface area contributed by atoms with Crippen molar-refractivity contribution >= 4 is 43.8 Å². The van der Waals surface area contributed by atoms with E-state index in [1.54, 1.807) is 22.7 Å². The van der Waals surface area contributed by atoms with Crippen LogP contribution in [0.4, 0.5) is 5.00 Å². The largest absolute Gasteiger partial charge is 0.313 e. The highest BCUT2D eigenvalue weighted by Crippen LogP contribution is 2.47. The number of carbonyl (C=O) groups is 1. The van der Waals surface area contributed by atoms with Gasteiger partial charge in [0, 0.05) is 16.0 Å². The number of hydrogen-bond acceptors (Lipinski definition) is 4. The summed E-state index contributed by atoms with van der Waals surface area (Å²) in [5.41, 5.74) is 5.25. The molecule has 0 radical (unpaired) electrons. The van der Waals surface area contributed by atoms with Crippen LogP contribution >= 0.6 is 22.7 Å². The summed E-state index contributed by atoms with van der Waals surface area (Å²) in [5, 5.41) is 5.18. The van der Waals surface area contributed by atoms with Crippen LogP contribution in [0.2, 0.25) is 0 Å². The Morgan fingerprint density at radius 3 is 2.72 bits per heavy atom. The number of rotatable bonds is 3. The molecule has 29 heavy (non-hydrogen) atoms. The monoisotopic (exact) mass is 418 g/mol. The van der Waals surface area contributed by atoms with E-state index in [9.17, 15) is 4.79 Å². The molecule has 5 rings (SSSR count). The zero-order chi connectivity index (χ0) is 20.0. The SMILES string of the molecule is Cc1ccccc1C(=O)Nc1sc2c(c1-c1nc3ccccc3s1)CCC(C)C2. The molecule has 0 fully saturated rings. The summed E-state index contributed by atoms with van der Waals surface area (Å²) in [6.45, 7) is 4.29. The normalized spacial score (nSPS) is 16.0. The second-order valence-electron chi connectivity index (χ2n) is 7.81. The van der Waals surface area contributed by atoms with E-state index in [0.29, 0.717) is 5.92 Å². The molecule has 2 aromatic heterocycles. The molecule has 3 nitrogen and oxygen atoms in total. The third kappa shape index (κ3) is 3.38. The molecule has 0 bridgehead atoms. The first kappa shape index (κ1) is 18.5. The lowest BCUT2D eigenvalue weighted by atomic mass is 9.88. The molecule has 1 unspecified atom stereocenters. The Bertz CT molecular complexity index is 1190. The molecular formula is C24H22N2OS2. The molecule has 146 valence electrons. The van der Waals surface area contributed by atoms with E-state index in [1.807, 2.05) is 37.3 Å². The number of nitrogens with zero attached hydrogens (tertiary/aromatic N) is 1. The number of thiazole rings is 1. The number of benzene rings is 2. The van der Waals surface area contributed by atoms with Crippen molar-refractivity contribution in [3.8, 4) is 10.6 Å². The van der Waals surface area contributed by atoms with E-state index >= 15 is 0 Å². The Labute approximate surface area is 178 Å². The highest BCUT2D eigenvalue weighted by molar-refractivity contribution is 7.23. The number of amides is 1. The van der Waals surface area contributed by atoms with Gasteiger partial charge in [-0.1, -0.05) is 37.3 Å². The summed E-state index contributed by atoms with van der Waals surface area (Å²) >= 11 is 3.45. The molecule has 2 heterocycles. The van der Waals surface area contributed by atoms with Crippen molar-refractivity contribution in [3.05, 3.63) is 70.1 Å². The molecule has 1 amide bonds. The van der Waals surface area contributed by atoms with Gasteiger partial charge < -0.3 is 5.32 Å². The maximum Gasteiger partial charge on any atom is 0.256 e. The molecule has 0 saturated heterocycles. The molecule has 1 N–H and O–H groups in total. The number of thiophene rings is 1. The first-order valence-corrected chi connectivity index (χ1v) is 11.6. The van der Waals surface area contributed by atoms with E-state index in [1.165, 1.54) is 21.6 Å². The van der Waals surface area contributed by atoms with Gasteiger partial charge in [0.1, 0.15) is 10.0 Å². The van der Waals surface area contributed by atoms with Gasteiger partial charge in [-0.3, -0.25) is 4.79 Å². The second-order valence-corrected chi connectivity index (χ2v) is 9.95. The average molecular weight is 419 g/mol. The van der Waals surface area contributed by atoms with E-state index in [2.05, 4.69) is 30.4 Å². The molecule has 0 spiro atoms. The summed E-state index contributed by atoms with van der Waals surface area (Å²) in [4.78, 5) is 19.4. The maximum atomic E-state index is 13.0. The van der Waals surface area contributed by atoms with E-state index in [-0.39, 0.29) is 5.91 Å². The van der Waals surface area contributed by atoms with Crippen molar-refractivity contribution in [1.82, 2.24) is 4.98 Å². The van der Waals surface area contributed by atoms with Gasteiger partial charge in [-0.05, 0) is 61.4 Å². The van der Waals surface area contributed by atoms with Crippen LogP contribution in [0.3, 0.4) is 0 Å². The Balaban J connectivity index is 1.61. The Hall–Kier alpha value is -2.50. The highest BCUT2D eigenvalue weighted by atomic mass is 32.1. The third-order valence-corrected chi connectivity index (χ3v) is 7.86. The summed E-state index contributed by atoms with van der Waals surface area (Å²) in [7, 11) is 0. The van der Waals surface area contributed by atoms with Gasteiger partial charge in [-0.15, -0.1) is 22.7 Å². The average Bonchev–Trinajstić information content (AvgIpc) is 3.28. The van der Waals surface area contributed by atoms with E-state index < -0.39 is 0 Å². The smallest absolute Gasteiger partial charge is 0.256 e. The second kappa shape index (κ2) is 7.39. The van der Waals surface area contributed by atoms with Crippen LogP contribution in [0.5, 0.6) is 0 Å². The van der Waals surface area contributed by atoms with Crippen LogP contribution in [0, 0.1) is 12.8 Å². The Morgan fingerprint density at radius 1 is 1.10 bits per heavy atom. The van der Waals surface area contributed by atoms with Crippen LogP contribution in [0.1, 0.15) is 39.7 Å². The maximum absolute atomic E-state index is 13.0. The van der Waals surface area contributed by atoms with Crippen molar-refractivity contribution in [3.63, 3.8) is 0 Å². The molecular weight excluding hydrogens is 396 g/mol. The number of para-hydroxylation sites is 1. The lowest BCUT2D eigenvalue weighted by molar-refractivity contribution is 0.102. The molecule has 0 saturated carbocycles. The topological polar surface area (TPSA) is 42.0 Å². The predicted octanol–water partition coefficient (Wildman–Crippen LogP) is 6.71. The molecule has 0 aliphatic heterocycles. The van der Waals surface area contributed by atoms with Gasteiger partial charge >= 0.3 is 0 Å². The standard InChI is InChI=1S/C24H22N2OS2/c1-14-11-12-17-20(13-14)29-24(26-22(27)16-8-4-3-7-15(16)2)21(17)23-25-18-9-5-6-10-19(18)28-23/h3-10,14H,11-13H2,1-2H3,(H,26,27). The molecule has 1 aliphatic carbocycles. The lowest BCUT2D eigenvalue weighted by Crippen LogP contribution is -2.13. The fourth-order valence-electron chi connectivity index (χ4n) is 4.04. The Morgan fingerprint density at radius 2 is 1.90 bits per heavy atom. The quantitative estimate of drug-likeness (QED) is 0.402. The van der Waals surface area contributed by atoms with Crippen LogP contribution in [-0.4, -0.2) is 10.9 Å². The van der Waals surface area contributed by atoms with Crippen molar-refractivity contribution in [1.29, 1.82) is 0 Å². The van der Waals surface area contributed by atoms with Gasteiger partial charge in [-0.2, -0.15) is 0 Å². The van der Waals surface area contributed by atoms with Crippen LogP contribution in [-0.2, 0) is 12.8 Å². The molecule has 5 heteroatoms. The molecule has 2 aromatic carbocycles. The number of aryl methyl sites for hydroxylation is 1. The van der Waals surface area contributed by atoms with Crippen LogP contribution in [0.15, 0.2) is 48.5 Å². The number of nitrogens with one attached hydrogen (secondary N) is 1. The molecule has 1 atom stereocenters. The summed E-state index contributed by atoms with van der Waals surface area (Å²) < 4.78 is 1.18. The number of aromatic nitrogens is 1. The third-order valence-electron chi connectivity index (χ3n) is 5.64. The van der Waals surface area contributed by atoms with Gasteiger partial charge in [0.25, 0.3) is 5.91 Å². The number of carbonyl (C=O) groups excluding carboxylic acids is 1. The van der Waals surface area contributed by atoms with Gasteiger partial charge in [0.15, 0.2) is 0 Å².